The number of ether oxygens (including phenoxy) is 1. The molecule has 0 bridgehead atoms. The molecule has 0 saturated carbocycles. The molecule has 0 aromatic carbocycles. The van der Waals surface area contributed by atoms with Crippen LogP contribution in [0.25, 0.3) is 0 Å². The van der Waals surface area contributed by atoms with E-state index < -0.39 is 0 Å². The van der Waals surface area contributed by atoms with Crippen LogP contribution in [0.2, 0.25) is 5.02 Å². The molecule has 21 heavy (non-hydrogen) atoms. The summed E-state index contributed by atoms with van der Waals surface area (Å²) in [5.74, 6) is -0.111. The van der Waals surface area contributed by atoms with Crippen LogP contribution in [-0.4, -0.2) is 55.2 Å². The third-order valence-corrected chi connectivity index (χ3v) is 4.06. The number of methoxy groups -OCH3 is 1. The van der Waals surface area contributed by atoms with Gasteiger partial charge in [-0.05, 0) is 25.3 Å². The van der Waals surface area contributed by atoms with Gasteiger partial charge in [0.25, 0.3) is 5.91 Å². The van der Waals surface area contributed by atoms with Crippen molar-refractivity contribution in [3.8, 4) is 0 Å². The van der Waals surface area contributed by atoms with Crippen LogP contribution in [0.15, 0.2) is 18.5 Å². The summed E-state index contributed by atoms with van der Waals surface area (Å²) < 4.78 is 5.07. The van der Waals surface area contributed by atoms with Gasteiger partial charge in [-0.2, -0.15) is 0 Å². The van der Waals surface area contributed by atoms with Gasteiger partial charge in [-0.3, -0.25) is 9.78 Å². The number of rotatable bonds is 6. The van der Waals surface area contributed by atoms with E-state index in [0.717, 1.165) is 45.5 Å². The molecule has 0 unspecified atom stereocenters. The van der Waals surface area contributed by atoms with Crippen molar-refractivity contribution in [1.29, 1.82) is 0 Å². The van der Waals surface area contributed by atoms with E-state index in [0.29, 0.717) is 10.6 Å². The third-order valence-electron chi connectivity index (χ3n) is 3.76. The average molecular weight is 312 g/mol. The molecular weight excluding hydrogens is 290 g/mol. The first kappa shape index (κ1) is 16.2. The lowest BCUT2D eigenvalue weighted by molar-refractivity contribution is 0.0907. The predicted molar refractivity (Wildman–Crippen MR) is 82.7 cm³/mol. The molecule has 1 amide bonds. The van der Waals surface area contributed by atoms with E-state index in [1.807, 2.05) is 0 Å². The number of likely N-dealkylation sites (tertiary alicyclic amines) is 1. The summed E-state index contributed by atoms with van der Waals surface area (Å²) in [6, 6.07) is 1.87. The minimum Gasteiger partial charge on any atom is -0.385 e. The number of amides is 1. The Morgan fingerprint density at radius 1 is 1.52 bits per heavy atom. The molecule has 1 saturated heterocycles. The molecular formula is C15H22ClN3O2. The molecule has 2 rings (SSSR count). The molecule has 1 aromatic rings. The van der Waals surface area contributed by atoms with Crippen molar-refractivity contribution >= 4 is 17.5 Å². The molecule has 0 spiro atoms. The maximum Gasteiger partial charge on any atom is 0.253 e. The van der Waals surface area contributed by atoms with Gasteiger partial charge in [0.15, 0.2) is 0 Å². The van der Waals surface area contributed by atoms with Crippen LogP contribution in [0.5, 0.6) is 0 Å². The van der Waals surface area contributed by atoms with E-state index in [4.69, 9.17) is 16.3 Å². The van der Waals surface area contributed by atoms with Crippen molar-refractivity contribution in [2.75, 3.05) is 33.4 Å². The predicted octanol–water partition coefficient (Wildman–Crippen LogP) is 1.97. The van der Waals surface area contributed by atoms with Gasteiger partial charge in [-0.1, -0.05) is 11.6 Å². The van der Waals surface area contributed by atoms with Crippen LogP contribution in [0.3, 0.4) is 0 Å². The van der Waals surface area contributed by atoms with Gasteiger partial charge in [0.1, 0.15) is 0 Å². The number of hydrogen-bond acceptors (Lipinski definition) is 4. The van der Waals surface area contributed by atoms with E-state index in [2.05, 4.69) is 15.2 Å². The molecule has 6 heteroatoms. The fraction of sp³-hybridized carbons (Fsp3) is 0.600. The molecule has 116 valence electrons. The van der Waals surface area contributed by atoms with Crippen molar-refractivity contribution in [2.45, 2.75) is 25.3 Å². The van der Waals surface area contributed by atoms with E-state index in [9.17, 15) is 4.79 Å². The molecule has 1 fully saturated rings. The molecule has 5 nitrogen and oxygen atoms in total. The van der Waals surface area contributed by atoms with Gasteiger partial charge in [0.2, 0.25) is 0 Å². The largest absolute Gasteiger partial charge is 0.385 e. The summed E-state index contributed by atoms with van der Waals surface area (Å²) in [5, 5.41) is 3.46. The summed E-state index contributed by atoms with van der Waals surface area (Å²) in [4.78, 5) is 18.5. The minimum absolute atomic E-state index is 0.111. The van der Waals surface area contributed by atoms with Crippen LogP contribution in [0, 0.1) is 0 Å². The number of pyridine rings is 1. The Balaban J connectivity index is 1.76. The van der Waals surface area contributed by atoms with Crippen LogP contribution < -0.4 is 5.32 Å². The number of piperidine rings is 1. The molecule has 1 N–H and O–H groups in total. The SMILES string of the molecule is COCCCN1CCC(NC(=O)c2ccncc2Cl)CC1. The van der Waals surface area contributed by atoms with Gasteiger partial charge in [0.05, 0.1) is 10.6 Å². The van der Waals surface area contributed by atoms with Gasteiger partial charge >= 0.3 is 0 Å². The highest BCUT2D eigenvalue weighted by Gasteiger charge is 2.21. The Kier molecular flexibility index (Phi) is 6.42. The van der Waals surface area contributed by atoms with Crippen LogP contribution in [0.4, 0.5) is 0 Å². The Bertz CT molecular complexity index is 462. The second-order valence-electron chi connectivity index (χ2n) is 5.29. The Hall–Kier alpha value is -1.17. The number of nitrogens with one attached hydrogen (secondary N) is 1. The molecule has 0 atom stereocenters. The number of hydrogen-bond donors (Lipinski definition) is 1. The monoisotopic (exact) mass is 311 g/mol. The third kappa shape index (κ3) is 4.95. The first-order valence-electron chi connectivity index (χ1n) is 7.32. The standard InChI is InChI=1S/C15H22ClN3O2/c1-21-10-2-7-19-8-4-12(5-9-19)18-15(20)13-3-6-17-11-14(13)16/h3,6,11-12H,2,4-5,7-10H2,1H3,(H,18,20). The topological polar surface area (TPSA) is 54.5 Å². The highest BCUT2D eigenvalue weighted by molar-refractivity contribution is 6.33. The second-order valence-corrected chi connectivity index (χ2v) is 5.70. The van der Waals surface area contributed by atoms with E-state index in [1.165, 1.54) is 6.20 Å². The summed E-state index contributed by atoms with van der Waals surface area (Å²) in [6.45, 7) is 3.89. The Morgan fingerprint density at radius 2 is 2.29 bits per heavy atom. The summed E-state index contributed by atoms with van der Waals surface area (Å²) in [7, 11) is 1.73. The fourth-order valence-electron chi connectivity index (χ4n) is 2.56. The van der Waals surface area contributed by atoms with Crippen LogP contribution in [-0.2, 0) is 4.74 Å². The van der Waals surface area contributed by atoms with Crippen molar-refractivity contribution in [2.24, 2.45) is 0 Å². The van der Waals surface area contributed by atoms with Gasteiger partial charge in [-0.15, -0.1) is 0 Å². The minimum atomic E-state index is -0.111. The maximum atomic E-state index is 12.2. The second kappa shape index (κ2) is 8.32. The highest BCUT2D eigenvalue weighted by Crippen LogP contribution is 2.15. The van der Waals surface area contributed by atoms with Crippen molar-refractivity contribution < 1.29 is 9.53 Å². The zero-order valence-corrected chi connectivity index (χ0v) is 13.1. The molecule has 2 heterocycles. The number of carbonyl (C=O) groups excluding carboxylic acids is 1. The number of nitrogens with zero attached hydrogens (tertiary/aromatic N) is 2. The lowest BCUT2D eigenvalue weighted by atomic mass is 10.0. The number of halogens is 1. The lowest BCUT2D eigenvalue weighted by Crippen LogP contribution is -2.45. The van der Waals surface area contributed by atoms with Gasteiger partial charge in [0, 0.05) is 51.8 Å². The van der Waals surface area contributed by atoms with E-state index >= 15 is 0 Å². The van der Waals surface area contributed by atoms with Crippen LogP contribution in [0.1, 0.15) is 29.6 Å². The number of aromatic nitrogens is 1. The first-order chi connectivity index (χ1) is 10.2. The molecule has 1 aliphatic heterocycles. The number of carbonyl (C=O) groups is 1. The van der Waals surface area contributed by atoms with Crippen molar-refractivity contribution in [3.05, 3.63) is 29.0 Å². The normalized spacial score (nSPS) is 16.9. The zero-order chi connectivity index (χ0) is 15.1. The summed E-state index contributed by atoms with van der Waals surface area (Å²) >= 11 is 5.99. The Labute approximate surface area is 130 Å². The van der Waals surface area contributed by atoms with Gasteiger partial charge in [-0.25, -0.2) is 0 Å². The molecule has 1 aliphatic rings. The van der Waals surface area contributed by atoms with Crippen molar-refractivity contribution in [3.63, 3.8) is 0 Å². The quantitative estimate of drug-likeness (QED) is 0.816. The zero-order valence-electron chi connectivity index (χ0n) is 12.3. The molecule has 0 radical (unpaired) electrons. The molecule has 1 aromatic heterocycles. The summed E-state index contributed by atoms with van der Waals surface area (Å²) in [6.07, 6.45) is 6.08. The van der Waals surface area contributed by atoms with Crippen molar-refractivity contribution in [1.82, 2.24) is 15.2 Å². The lowest BCUT2D eigenvalue weighted by Gasteiger charge is -2.32. The van der Waals surface area contributed by atoms with Crippen LogP contribution >= 0.6 is 11.6 Å². The first-order valence-corrected chi connectivity index (χ1v) is 7.70. The maximum absolute atomic E-state index is 12.2. The fourth-order valence-corrected chi connectivity index (χ4v) is 2.76. The summed E-state index contributed by atoms with van der Waals surface area (Å²) in [5.41, 5.74) is 0.495. The van der Waals surface area contributed by atoms with E-state index in [-0.39, 0.29) is 11.9 Å². The van der Waals surface area contributed by atoms with Gasteiger partial charge < -0.3 is 15.0 Å². The highest BCUT2D eigenvalue weighted by atomic mass is 35.5. The average Bonchev–Trinajstić information content (AvgIpc) is 2.49. The Morgan fingerprint density at radius 3 is 2.95 bits per heavy atom. The van der Waals surface area contributed by atoms with E-state index in [1.54, 1.807) is 19.4 Å². The molecule has 0 aliphatic carbocycles. The smallest absolute Gasteiger partial charge is 0.253 e.